The van der Waals surface area contributed by atoms with Gasteiger partial charge in [-0.15, -0.1) is 11.3 Å². The van der Waals surface area contributed by atoms with Crippen LogP contribution in [0.4, 0.5) is 0 Å². The summed E-state index contributed by atoms with van der Waals surface area (Å²) in [5.41, 5.74) is 2.25. The zero-order valence-corrected chi connectivity index (χ0v) is 15.5. The van der Waals surface area contributed by atoms with E-state index in [9.17, 15) is 4.79 Å². The molecule has 136 valence electrons. The quantitative estimate of drug-likeness (QED) is 0.568. The Morgan fingerprint density at radius 3 is 2.73 bits per heavy atom. The average Bonchev–Trinajstić information content (AvgIpc) is 3.34. The minimum atomic E-state index is -0.175. The highest BCUT2D eigenvalue weighted by Gasteiger charge is 2.16. The Morgan fingerprint density at radius 1 is 1.15 bits per heavy atom. The minimum Gasteiger partial charge on any atom is -0.383 e. The number of benzene rings is 1. The van der Waals surface area contributed by atoms with E-state index < -0.39 is 0 Å². The van der Waals surface area contributed by atoms with Gasteiger partial charge in [0.2, 0.25) is 0 Å². The molecule has 2 aromatic heterocycles. The maximum atomic E-state index is 12.5. The largest absolute Gasteiger partial charge is 0.383 e. The van der Waals surface area contributed by atoms with Crippen LogP contribution in [0.3, 0.4) is 0 Å². The molecule has 7 heteroatoms. The Hall–Kier alpha value is -2.48. The SMILES string of the molecule is COCCNCCNC(=O)c1cc(-c2cccs2)n(-c2ccccc2)n1. The number of carbonyl (C=O) groups excluding carboxylic acids is 1. The van der Waals surface area contributed by atoms with Gasteiger partial charge in [0.25, 0.3) is 5.91 Å². The van der Waals surface area contributed by atoms with Crippen LogP contribution in [0.15, 0.2) is 53.9 Å². The van der Waals surface area contributed by atoms with Crippen molar-refractivity contribution in [1.82, 2.24) is 20.4 Å². The number of nitrogens with one attached hydrogen (secondary N) is 2. The normalized spacial score (nSPS) is 10.8. The number of methoxy groups -OCH3 is 1. The summed E-state index contributed by atoms with van der Waals surface area (Å²) in [6, 6.07) is 15.7. The summed E-state index contributed by atoms with van der Waals surface area (Å²) >= 11 is 1.62. The second kappa shape index (κ2) is 9.28. The number of amides is 1. The van der Waals surface area contributed by atoms with E-state index in [2.05, 4.69) is 15.7 Å². The summed E-state index contributed by atoms with van der Waals surface area (Å²) in [5, 5.41) is 12.6. The monoisotopic (exact) mass is 370 g/mol. The molecule has 0 bridgehead atoms. The van der Waals surface area contributed by atoms with Gasteiger partial charge in [0.1, 0.15) is 0 Å². The molecule has 0 saturated heterocycles. The van der Waals surface area contributed by atoms with E-state index in [1.807, 2.05) is 58.6 Å². The fourth-order valence-corrected chi connectivity index (χ4v) is 3.24. The molecule has 0 atom stereocenters. The molecule has 2 heterocycles. The second-order valence-corrected chi connectivity index (χ2v) is 6.59. The van der Waals surface area contributed by atoms with Crippen LogP contribution in [0, 0.1) is 0 Å². The molecular weight excluding hydrogens is 348 g/mol. The van der Waals surface area contributed by atoms with Crippen LogP contribution in [0.1, 0.15) is 10.5 Å². The highest BCUT2D eigenvalue weighted by Crippen LogP contribution is 2.27. The molecule has 0 saturated carbocycles. The molecule has 0 spiro atoms. The zero-order chi connectivity index (χ0) is 18.2. The van der Waals surface area contributed by atoms with E-state index in [1.54, 1.807) is 18.4 Å². The predicted octanol–water partition coefficient (Wildman–Crippen LogP) is 2.57. The van der Waals surface area contributed by atoms with Crippen molar-refractivity contribution in [3.05, 3.63) is 59.6 Å². The number of hydrogen-bond acceptors (Lipinski definition) is 5. The van der Waals surface area contributed by atoms with Gasteiger partial charge in [0.05, 0.1) is 22.9 Å². The van der Waals surface area contributed by atoms with Gasteiger partial charge in [0, 0.05) is 26.7 Å². The summed E-state index contributed by atoms with van der Waals surface area (Å²) in [7, 11) is 1.66. The van der Waals surface area contributed by atoms with Gasteiger partial charge in [-0.3, -0.25) is 4.79 Å². The van der Waals surface area contributed by atoms with Crippen molar-refractivity contribution in [2.45, 2.75) is 0 Å². The average molecular weight is 370 g/mol. The van der Waals surface area contributed by atoms with Crippen molar-refractivity contribution in [3.8, 4) is 16.3 Å². The Balaban J connectivity index is 1.73. The van der Waals surface area contributed by atoms with Crippen molar-refractivity contribution in [3.63, 3.8) is 0 Å². The molecule has 2 N–H and O–H groups in total. The Bertz CT molecular complexity index is 815. The number of para-hydroxylation sites is 1. The van der Waals surface area contributed by atoms with Gasteiger partial charge >= 0.3 is 0 Å². The molecule has 0 aliphatic heterocycles. The molecule has 3 rings (SSSR count). The first kappa shape index (κ1) is 18.3. The van der Waals surface area contributed by atoms with Crippen LogP contribution >= 0.6 is 11.3 Å². The Kier molecular flexibility index (Phi) is 6.54. The Morgan fingerprint density at radius 2 is 2.00 bits per heavy atom. The van der Waals surface area contributed by atoms with Crippen molar-refractivity contribution < 1.29 is 9.53 Å². The fourth-order valence-electron chi connectivity index (χ4n) is 2.51. The first-order valence-electron chi connectivity index (χ1n) is 8.47. The summed E-state index contributed by atoms with van der Waals surface area (Å²) < 4.78 is 6.79. The van der Waals surface area contributed by atoms with Crippen LogP contribution in [0.5, 0.6) is 0 Å². The van der Waals surface area contributed by atoms with Crippen molar-refractivity contribution in [2.24, 2.45) is 0 Å². The number of rotatable bonds is 9. The molecule has 6 nitrogen and oxygen atoms in total. The van der Waals surface area contributed by atoms with Gasteiger partial charge in [-0.2, -0.15) is 5.10 Å². The maximum absolute atomic E-state index is 12.5. The third-order valence-electron chi connectivity index (χ3n) is 3.79. The van der Waals surface area contributed by atoms with Gasteiger partial charge in [0.15, 0.2) is 5.69 Å². The molecule has 26 heavy (non-hydrogen) atoms. The lowest BCUT2D eigenvalue weighted by atomic mass is 10.2. The van der Waals surface area contributed by atoms with Crippen LogP contribution in [-0.4, -0.2) is 49.0 Å². The van der Waals surface area contributed by atoms with Crippen molar-refractivity contribution >= 4 is 17.2 Å². The number of hydrogen-bond donors (Lipinski definition) is 2. The molecule has 0 unspecified atom stereocenters. The third kappa shape index (κ3) is 4.57. The van der Waals surface area contributed by atoms with Crippen LogP contribution in [0.2, 0.25) is 0 Å². The predicted molar refractivity (Wildman–Crippen MR) is 104 cm³/mol. The van der Waals surface area contributed by atoms with Crippen molar-refractivity contribution in [1.29, 1.82) is 0 Å². The lowest BCUT2D eigenvalue weighted by Crippen LogP contribution is -2.33. The number of thiophene rings is 1. The number of ether oxygens (including phenoxy) is 1. The lowest BCUT2D eigenvalue weighted by molar-refractivity contribution is 0.0948. The number of nitrogens with zero attached hydrogens (tertiary/aromatic N) is 2. The number of carbonyl (C=O) groups is 1. The molecular formula is C19H22N4O2S. The lowest BCUT2D eigenvalue weighted by Gasteiger charge is -2.06. The molecule has 1 aromatic carbocycles. The summed E-state index contributed by atoms with van der Waals surface area (Å²) in [4.78, 5) is 13.5. The number of aromatic nitrogens is 2. The third-order valence-corrected chi connectivity index (χ3v) is 4.68. The fraction of sp³-hybridized carbons (Fsp3) is 0.263. The van der Waals surface area contributed by atoms with Crippen LogP contribution in [0.25, 0.3) is 16.3 Å². The molecule has 3 aromatic rings. The molecule has 0 aliphatic carbocycles. The molecule has 0 fully saturated rings. The van der Waals surface area contributed by atoms with E-state index in [0.717, 1.165) is 22.8 Å². The van der Waals surface area contributed by atoms with Crippen molar-refractivity contribution in [2.75, 3.05) is 33.4 Å². The first-order chi connectivity index (χ1) is 12.8. The highest BCUT2D eigenvalue weighted by atomic mass is 32.1. The van der Waals surface area contributed by atoms with E-state index in [1.165, 1.54) is 0 Å². The standard InChI is InChI=1S/C19H22N4O2S/c1-25-12-11-20-9-10-21-19(24)16-14-17(18-8-5-13-26-18)23(22-16)15-6-3-2-4-7-15/h2-8,13-14,20H,9-12H2,1H3,(H,21,24). The maximum Gasteiger partial charge on any atom is 0.271 e. The summed E-state index contributed by atoms with van der Waals surface area (Å²) in [5.74, 6) is -0.175. The van der Waals surface area contributed by atoms with E-state index in [0.29, 0.717) is 25.4 Å². The first-order valence-corrected chi connectivity index (χ1v) is 9.35. The smallest absolute Gasteiger partial charge is 0.271 e. The molecule has 1 amide bonds. The molecule has 0 aliphatic rings. The summed E-state index contributed by atoms with van der Waals surface area (Å²) in [6.07, 6.45) is 0. The topological polar surface area (TPSA) is 68.2 Å². The van der Waals surface area contributed by atoms with E-state index >= 15 is 0 Å². The summed E-state index contributed by atoms with van der Waals surface area (Å²) in [6.45, 7) is 2.64. The van der Waals surface area contributed by atoms with Gasteiger partial charge < -0.3 is 15.4 Å². The highest BCUT2D eigenvalue weighted by molar-refractivity contribution is 7.13. The minimum absolute atomic E-state index is 0.175. The van der Waals surface area contributed by atoms with Gasteiger partial charge in [-0.1, -0.05) is 24.3 Å². The van der Waals surface area contributed by atoms with Crippen LogP contribution < -0.4 is 10.6 Å². The van der Waals surface area contributed by atoms with Gasteiger partial charge in [-0.25, -0.2) is 4.68 Å². The van der Waals surface area contributed by atoms with Crippen LogP contribution in [-0.2, 0) is 4.74 Å². The van der Waals surface area contributed by atoms with E-state index in [-0.39, 0.29) is 5.91 Å². The molecule has 0 radical (unpaired) electrons. The second-order valence-electron chi connectivity index (χ2n) is 5.64. The van der Waals surface area contributed by atoms with Gasteiger partial charge in [-0.05, 0) is 29.6 Å². The Labute approximate surface area is 156 Å². The van der Waals surface area contributed by atoms with E-state index in [4.69, 9.17) is 4.74 Å². The zero-order valence-electron chi connectivity index (χ0n) is 14.6.